The lowest BCUT2D eigenvalue weighted by Crippen LogP contribution is -2.41. The van der Waals surface area contributed by atoms with Gasteiger partial charge >= 0.3 is 6.03 Å². The van der Waals surface area contributed by atoms with Crippen LogP contribution in [0.5, 0.6) is 0 Å². The van der Waals surface area contributed by atoms with Crippen LogP contribution in [0.2, 0.25) is 0 Å². The molecule has 0 saturated carbocycles. The highest BCUT2D eigenvalue weighted by Crippen LogP contribution is 2.27. The standard InChI is InChI=1S/C29H39N5O2/c1-8-9-16-33(28(36)30-24-15-11-13-21(3)22(24)4)19-27(35)31-26-18-25(29(5,6)7)32-34(26)23-14-10-12-20(2)17-23/h10-15,17-18H,8-9,16,19H2,1-7H3,(H,30,36)(H,31,35). The normalized spacial score (nSPS) is 11.3. The molecule has 0 aliphatic carbocycles. The van der Waals surface area contributed by atoms with Crippen LogP contribution < -0.4 is 10.6 Å². The summed E-state index contributed by atoms with van der Waals surface area (Å²) in [5.74, 6) is 0.317. The molecule has 0 saturated heterocycles. The van der Waals surface area contributed by atoms with Crippen molar-refractivity contribution in [2.75, 3.05) is 23.7 Å². The first-order valence-electron chi connectivity index (χ1n) is 12.6. The van der Waals surface area contributed by atoms with Crippen LogP contribution in [0.15, 0.2) is 48.5 Å². The fourth-order valence-electron chi connectivity index (χ4n) is 3.83. The lowest BCUT2D eigenvalue weighted by atomic mass is 9.92. The number of benzene rings is 2. The van der Waals surface area contributed by atoms with E-state index in [1.54, 1.807) is 9.58 Å². The number of hydrogen-bond acceptors (Lipinski definition) is 3. The van der Waals surface area contributed by atoms with Gasteiger partial charge in [-0.2, -0.15) is 5.10 Å². The molecule has 0 aliphatic heterocycles. The Kier molecular flexibility index (Phi) is 8.56. The topological polar surface area (TPSA) is 79.3 Å². The van der Waals surface area contributed by atoms with E-state index in [1.807, 2.05) is 69.3 Å². The van der Waals surface area contributed by atoms with Crippen LogP contribution >= 0.6 is 0 Å². The van der Waals surface area contributed by atoms with Crippen molar-refractivity contribution in [1.82, 2.24) is 14.7 Å². The van der Waals surface area contributed by atoms with Crippen LogP contribution in [-0.4, -0.2) is 39.7 Å². The predicted molar refractivity (Wildman–Crippen MR) is 147 cm³/mol. The van der Waals surface area contributed by atoms with Gasteiger partial charge in [0.15, 0.2) is 0 Å². The van der Waals surface area contributed by atoms with E-state index in [9.17, 15) is 9.59 Å². The molecule has 0 atom stereocenters. The number of nitrogens with one attached hydrogen (secondary N) is 2. The molecule has 0 spiro atoms. The minimum atomic E-state index is -0.283. The smallest absolute Gasteiger partial charge is 0.315 e. The third-order valence-corrected chi connectivity index (χ3v) is 6.24. The van der Waals surface area contributed by atoms with Crippen LogP contribution in [0.1, 0.15) is 62.9 Å². The van der Waals surface area contributed by atoms with Gasteiger partial charge in [-0.3, -0.25) is 4.79 Å². The Morgan fingerprint density at radius 2 is 1.72 bits per heavy atom. The highest BCUT2D eigenvalue weighted by Gasteiger charge is 2.23. The van der Waals surface area contributed by atoms with Crippen LogP contribution in [-0.2, 0) is 10.2 Å². The van der Waals surface area contributed by atoms with Crippen molar-refractivity contribution in [1.29, 1.82) is 0 Å². The Balaban J connectivity index is 1.82. The van der Waals surface area contributed by atoms with Gasteiger partial charge in [0.2, 0.25) is 5.91 Å². The van der Waals surface area contributed by atoms with Gasteiger partial charge in [-0.15, -0.1) is 0 Å². The number of urea groups is 1. The van der Waals surface area contributed by atoms with Crippen molar-refractivity contribution in [3.8, 4) is 5.69 Å². The van der Waals surface area contributed by atoms with Gasteiger partial charge in [0.25, 0.3) is 0 Å². The number of carbonyl (C=O) groups is 2. The molecule has 0 radical (unpaired) electrons. The summed E-state index contributed by atoms with van der Waals surface area (Å²) in [4.78, 5) is 27.9. The zero-order valence-corrected chi connectivity index (χ0v) is 22.6. The number of aryl methyl sites for hydroxylation is 2. The second kappa shape index (κ2) is 11.4. The maximum Gasteiger partial charge on any atom is 0.322 e. The van der Waals surface area contributed by atoms with Crippen LogP contribution in [0, 0.1) is 20.8 Å². The highest BCUT2D eigenvalue weighted by molar-refractivity contribution is 5.97. The van der Waals surface area contributed by atoms with Crippen LogP contribution in [0.3, 0.4) is 0 Å². The van der Waals surface area contributed by atoms with E-state index in [1.165, 1.54) is 0 Å². The fraction of sp³-hybridized carbons (Fsp3) is 0.414. The molecule has 36 heavy (non-hydrogen) atoms. The first kappa shape index (κ1) is 27.0. The number of nitrogens with zero attached hydrogens (tertiary/aromatic N) is 3. The first-order valence-corrected chi connectivity index (χ1v) is 12.6. The lowest BCUT2D eigenvalue weighted by molar-refractivity contribution is -0.116. The maximum absolute atomic E-state index is 13.2. The first-order chi connectivity index (χ1) is 17.0. The summed E-state index contributed by atoms with van der Waals surface area (Å²) < 4.78 is 1.76. The Morgan fingerprint density at radius 1 is 1.00 bits per heavy atom. The largest absolute Gasteiger partial charge is 0.322 e. The molecule has 2 N–H and O–H groups in total. The molecule has 192 valence electrons. The average Bonchev–Trinajstić information content (AvgIpc) is 3.24. The monoisotopic (exact) mass is 489 g/mol. The second-order valence-corrected chi connectivity index (χ2v) is 10.4. The second-order valence-electron chi connectivity index (χ2n) is 10.4. The molecule has 1 heterocycles. The summed E-state index contributed by atoms with van der Waals surface area (Å²) in [6.45, 7) is 14.8. The summed E-state index contributed by atoms with van der Waals surface area (Å²) in [7, 11) is 0. The minimum Gasteiger partial charge on any atom is -0.315 e. The lowest BCUT2D eigenvalue weighted by Gasteiger charge is -2.23. The van der Waals surface area contributed by atoms with E-state index in [-0.39, 0.29) is 23.9 Å². The van der Waals surface area contributed by atoms with Crippen molar-refractivity contribution < 1.29 is 9.59 Å². The number of carbonyl (C=O) groups excluding carboxylic acids is 2. The zero-order valence-electron chi connectivity index (χ0n) is 22.6. The molecular weight excluding hydrogens is 450 g/mol. The van der Waals surface area contributed by atoms with E-state index < -0.39 is 0 Å². The molecule has 1 aromatic heterocycles. The fourth-order valence-corrected chi connectivity index (χ4v) is 3.83. The summed E-state index contributed by atoms with van der Waals surface area (Å²) in [6, 6.07) is 15.4. The summed E-state index contributed by atoms with van der Waals surface area (Å²) in [6.07, 6.45) is 1.73. The quantitative estimate of drug-likeness (QED) is 0.386. The molecule has 0 unspecified atom stereocenters. The maximum atomic E-state index is 13.2. The van der Waals surface area contributed by atoms with Gasteiger partial charge in [0.1, 0.15) is 12.4 Å². The van der Waals surface area contributed by atoms with Gasteiger partial charge < -0.3 is 15.5 Å². The van der Waals surface area contributed by atoms with Crippen molar-refractivity contribution in [2.45, 2.75) is 66.7 Å². The summed E-state index contributed by atoms with van der Waals surface area (Å²) in [5, 5.41) is 10.8. The molecule has 3 aromatic rings. The van der Waals surface area contributed by atoms with Gasteiger partial charge in [-0.1, -0.05) is 58.4 Å². The predicted octanol–water partition coefficient (Wildman–Crippen LogP) is 6.37. The molecule has 7 nitrogen and oxygen atoms in total. The SMILES string of the molecule is CCCCN(CC(=O)Nc1cc(C(C)(C)C)nn1-c1cccc(C)c1)C(=O)Nc1cccc(C)c1C. The minimum absolute atomic E-state index is 0.0550. The van der Waals surface area contributed by atoms with E-state index in [0.29, 0.717) is 12.4 Å². The van der Waals surface area contributed by atoms with Crippen molar-refractivity contribution in [3.63, 3.8) is 0 Å². The van der Waals surface area contributed by atoms with E-state index in [2.05, 4.69) is 38.3 Å². The Labute approximate surface area is 214 Å². The third-order valence-electron chi connectivity index (χ3n) is 6.24. The molecular formula is C29H39N5O2. The molecule has 7 heteroatoms. The van der Waals surface area contributed by atoms with Crippen LogP contribution in [0.25, 0.3) is 5.69 Å². The molecule has 3 rings (SSSR count). The zero-order chi connectivity index (χ0) is 26.5. The van der Waals surface area contributed by atoms with E-state index in [4.69, 9.17) is 5.10 Å². The molecule has 0 fully saturated rings. The number of hydrogen-bond donors (Lipinski definition) is 2. The Hall–Kier alpha value is -3.61. The van der Waals surface area contributed by atoms with Gasteiger partial charge in [-0.05, 0) is 62.1 Å². The Bertz CT molecular complexity index is 1220. The van der Waals surface area contributed by atoms with Crippen molar-refractivity contribution >= 4 is 23.4 Å². The summed E-state index contributed by atoms with van der Waals surface area (Å²) >= 11 is 0. The molecule has 2 aromatic carbocycles. The summed E-state index contributed by atoms with van der Waals surface area (Å²) in [5.41, 5.74) is 5.53. The molecule has 0 bridgehead atoms. The Morgan fingerprint density at radius 3 is 2.39 bits per heavy atom. The van der Waals surface area contributed by atoms with Crippen LogP contribution in [0.4, 0.5) is 16.3 Å². The number of aromatic nitrogens is 2. The van der Waals surface area contributed by atoms with E-state index >= 15 is 0 Å². The number of anilines is 2. The highest BCUT2D eigenvalue weighted by atomic mass is 16.2. The third kappa shape index (κ3) is 6.74. The van der Waals surface area contributed by atoms with Gasteiger partial charge in [0, 0.05) is 23.7 Å². The number of amides is 3. The van der Waals surface area contributed by atoms with Crippen molar-refractivity contribution in [2.24, 2.45) is 0 Å². The van der Waals surface area contributed by atoms with Gasteiger partial charge in [-0.25, -0.2) is 9.48 Å². The molecule has 3 amide bonds. The number of unbranched alkanes of at least 4 members (excludes halogenated alkanes) is 1. The van der Waals surface area contributed by atoms with E-state index in [0.717, 1.165) is 46.6 Å². The molecule has 0 aliphatic rings. The van der Waals surface area contributed by atoms with Crippen molar-refractivity contribution in [3.05, 3.63) is 70.9 Å². The average molecular weight is 490 g/mol. The number of rotatable bonds is 8. The van der Waals surface area contributed by atoms with Gasteiger partial charge in [0.05, 0.1) is 11.4 Å².